The van der Waals surface area contributed by atoms with E-state index >= 15 is 0 Å². The number of unbranched alkanes of at least 4 members (excludes halogenated alkanes) is 4. The predicted octanol–water partition coefficient (Wildman–Crippen LogP) is 6.91. The Kier molecular flexibility index (Phi) is 25.4. The zero-order valence-electron chi connectivity index (χ0n) is 35.7. The van der Waals surface area contributed by atoms with Gasteiger partial charge >= 0.3 is 18.0 Å². The van der Waals surface area contributed by atoms with Gasteiger partial charge in [-0.15, -0.1) is 0 Å². The summed E-state index contributed by atoms with van der Waals surface area (Å²) in [5.41, 5.74) is 0.754. The number of aliphatic hydroxyl groups is 1. The first kappa shape index (κ1) is 49.9. The minimum absolute atomic E-state index is 0.153. The third kappa shape index (κ3) is 23.4. The van der Waals surface area contributed by atoms with Crippen LogP contribution in [0.3, 0.4) is 0 Å². The number of hydrogen-bond donors (Lipinski definition) is 3. The number of esters is 2. The fourth-order valence-electron chi connectivity index (χ4n) is 6.17. The van der Waals surface area contributed by atoms with Gasteiger partial charge in [-0.25, -0.2) is 14.4 Å². The Morgan fingerprint density at radius 3 is 1.62 bits per heavy atom. The summed E-state index contributed by atoms with van der Waals surface area (Å²) in [4.78, 5) is 35.6. The summed E-state index contributed by atoms with van der Waals surface area (Å²) >= 11 is 0. The number of ether oxygens (including phenoxy) is 8. The van der Waals surface area contributed by atoms with Gasteiger partial charge in [-0.2, -0.15) is 0 Å². The summed E-state index contributed by atoms with van der Waals surface area (Å²) in [7, 11) is 0. The van der Waals surface area contributed by atoms with E-state index in [9.17, 15) is 19.5 Å². The van der Waals surface area contributed by atoms with Gasteiger partial charge in [0.2, 0.25) is 6.41 Å². The van der Waals surface area contributed by atoms with E-state index in [-0.39, 0.29) is 32.4 Å². The van der Waals surface area contributed by atoms with Crippen LogP contribution in [0.4, 0.5) is 4.79 Å². The molecule has 334 valence electrons. The number of amides is 1. The summed E-state index contributed by atoms with van der Waals surface area (Å²) in [6, 6.07) is 18.8. The van der Waals surface area contributed by atoms with Crippen LogP contribution in [0.25, 0.3) is 0 Å². The fourth-order valence-corrected chi connectivity index (χ4v) is 6.17. The Hall–Kier alpha value is -4.47. The molecule has 0 aliphatic heterocycles. The monoisotopic (exact) mass is 840 g/mol. The standard InChI is InChI=1S/C46H68N2O12/c1-35(2)43(49)55-27-15-7-13-25-47-45(51)59-41(33-57-39-17-9-5-10-18-39)31-53-29-37-21-23-38(24-22-37)30-54-32-42(34-58-40-19-11-6-12-20-40)60-46(52)48-26-14-8-16-28-56-44(50)36(3)4/h5-6,9-12,17-20,37-38,41-42,45,47,51H,1,3,7-8,13-16,21-34H2,2,4H3,(H,48,52). The van der Waals surface area contributed by atoms with E-state index < -0.39 is 30.7 Å². The highest BCUT2D eigenvalue weighted by atomic mass is 16.6. The van der Waals surface area contributed by atoms with Crippen LogP contribution < -0.4 is 20.1 Å². The molecule has 14 nitrogen and oxygen atoms in total. The van der Waals surface area contributed by atoms with Crippen molar-refractivity contribution >= 4 is 18.0 Å². The molecular formula is C46H68N2O12. The minimum atomic E-state index is -1.19. The number of para-hydroxylation sites is 2. The summed E-state index contributed by atoms with van der Waals surface area (Å²) < 4.78 is 45.9. The molecule has 0 heterocycles. The van der Waals surface area contributed by atoms with E-state index in [2.05, 4.69) is 23.8 Å². The highest BCUT2D eigenvalue weighted by Crippen LogP contribution is 2.29. The van der Waals surface area contributed by atoms with Gasteiger partial charge in [0.1, 0.15) is 30.8 Å². The van der Waals surface area contributed by atoms with Crippen LogP contribution in [0.15, 0.2) is 85.0 Å². The van der Waals surface area contributed by atoms with Gasteiger partial charge in [0.15, 0.2) is 6.10 Å². The van der Waals surface area contributed by atoms with Gasteiger partial charge in [-0.1, -0.05) is 49.6 Å². The van der Waals surface area contributed by atoms with Crippen molar-refractivity contribution in [2.24, 2.45) is 11.8 Å². The second kappa shape index (κ2) is 30.5. The Labute approximate surface area is 356 Å². The van der Waals surface area contributed by atoms with E-state index in [0.29, 0.717) is 86.8 Å². The molecule has 3 N–H and O–H groups in total. The van der Waals surface area contributed by atoms with Crippen molar-refractivity contribution in [1.82, 2.24) is 10.6 Å². The first-order chi connectivity index (χ1) is 29.1. The smallest absolute Gasteiger partial charge is 0.407 e. The Morgan fingerprint density at radius 2 is 1.12 bits per heavy atom. The molecule has 1 aliphatic carbocycles. The third-order valence-electron chi connectivity index (χ3n) is 9.63. The lowest BCUT2D eigenvalue weighted by Crippen LogP contribution is -2.40. The van der Waals surface area contributed by atoms with Crippen LogP contribution in [0.2, 0.25) is 0 Å². The molecule has 0 spiro atoms. The number of alkyl carbamates (subject to hydrolysis) is 1. The Balaban J connectivity index is 1.34. The zero-order chi connectivity index (χ0) is 43.2. The lowest BCUT2D eigenvalue weighted by atomic mass is 9.83. The molecule has 2 aromatic carbocycles. The van der Waals surface area contributed by atoms with Crippen LogP contribution in [-0.2, 0) is 38.0 Å². The molecule has 0 aromatic heterocycles. The molecule has 0 bridgehead atoms. The SMILES string of the molecule is C=C(C)C(=O)OCCCCCNC(=O)OC(COCC1CCC(COCC(COc2ccccc2)OC(O)NCCCCCOC(=O)C(=C)C)CC1)COc1ccccc1. The number of benzene rings is 2. The molecule has 14 heteroatoms. The quantitative estimate of drug-likeness (QED) is 0.0229. The van der Waals surface area contributed by atoms with Crippen LogP contribution in [0, 0.1) is 11.8 Å². The van der Waals surface area contributed by atoms with E-state index in [1.54, 1.807) is 13.8 Å². The minimum Gasteiger partial charge on any atom is -0.491 e. The lowest BCUT2D eigenvalue weighted by molar-refractivity contribution is -0.176. The Bertz CT molecular complexity index is 1500. The number of nitrogens with one attached hydrogen (secondary N) is 2. The molecule has 1 fully saturated rings. The maximum absolute atomic E-state index is 12.6. The summed E-state index contributed by atoms with van der Waals surface area (Å²) in [5.74, 6) is 1.37. The third-order valence-corrected chi connectivity index (χ3v) is 9.63. The molecule has 0 saturated heterocycles. The van der Waals surface area contributed by atoms with E-state index in [0.717, 1.165) is 51.4 Å². The number of rotatable bonds is 32. The molecule has 1 saturated carbocycles. The van der Waals surface area contributed by atoms with Crippen molar-refractivity contribution in [1.29, 1.82) is 0 Å². The summed E-state index contributed by atoms with van der Waals surface area (Å²) in [6.45, 7) is 13.9. The van der Waals surface area contributed by atoms with Crippen molar-refractivity contribution in [3.63, 3.8) is 0 Å². The molecule has 60 heavy (non-hydrogen) atoms. The molecule has 3 unspecified atom stereocenters. The highest BCUT2D eigenvalue weighted by molar-refractivity contribution is 5.87. The first-order valence-electron chi connectivity index (χ1n) is 21.3. The largest absolute Gasteiger partial charge is 0.491 e. The predicted molar refractivity (Wildman–Crippen MR) is 227 cm³/mol. The second-order valence-corrected chi connectivity index (χ2v) is 15.2. The highest BCUT2D eigenvalue weighted by Gasteiger charge is 2.24. The Morgan fingerprint density at radius 1 is 0.650 bits per heavy atom. The van der Waals surface area contributed by atoms with Crippen molar-refractivity contribution in [3.05, 3.63) is 85.0 Å². The molecule has 1 amide bonds. The summed E-state index contributed by atoms with van der Waals surface area (Å²) in [5, 5.41) is 16.3. The van der Waals surface area contributed by atoms with Gasteiger partial charge in [-0.3, -0.25) is 5.32 Å². The van der Waals surface area contributed by atoms with Crippen LogP contribution in [-0.4, -0.2) is 108 Å². The average Bonchev–Trinajstić information content (AvgIpc) is 3.24. The van der Waals surface area contributed by atoms with E-state index in [1.807, 2.05) is 60.7 Å². The molecule has 2 aromatic rings. The summed E-state index contributed by atoms with van der Waals surface area (Å²) in [6.07, 6.45) is 5.63. The van der Waals surface area contributed by atoms with Crippen molar-refractivity contribution < 1.29 is 57.4 Å². The number of aliphatic hydroxyl groups excluding tert-OH is 1. The number of carbonyl (C=O) groups excluding carboxylic acids is 3. The van der Waals surface area contributed by atoms with Crippen molar-refractivity contribution in [3.8, 4) is 11.5 Å². The van der Waals surface area contributed by atoms with Crippen LogP contribution in [0.5, 0.6) is 11.5 Å². The molecular weight excluding hydrogens is 773 g/mol. The molecule has 3 atom stereocenters. The molecule has 3 rings (SSSR count). The van der Waals surface area contributed by atoms with Crippen LogP contribution >= 0.6 is 0 Å². The second-order valence-electron chi connectivity index (χ2n) is 15.2. The van der Waals surface area contributed by atoms with E-state index in [4.69, 9.17) is 37.9 Å². The molecule has 0 radical (unpaired) electrons. The van der Waals surface area contributed by atoms with Crippen molar-refractivity contribution in [2.75, 3.05) is 65.9 Å². The number of hydrogen-bond acceptors (Lipinski definition) is 13. The van der Waals surface area contributed by atoms with Gasteiger partial charge < -0.3 is 48.3 Å². The lowest BCUT2D eigenvalue weighted by Gasteiger charge is -2.29. The normalized spacial score (nSPS) is 16.4. The number of carbonyl (C=O) groups is 3. The maximum Gasteiger partial charge on any atom is 0.407 e. The fraction of sp³-hybridized carbons (Fsp3) is 0.587. The average molecular weight is 841 g/mol. The molecule has 1 aliphatic rings. The zero-order valence-corrected chi connectivity index (χ0v) is 35.7. The van der Waals surface area contributed by atoms with Crippen LogP contribution in [0.1, 0.15) is 78.1 Å². The van der Waals surface area contributed by atoms with Gasteiger partial charge in [0.25, 0.3) is 0 Å². The maximum atomic E-state index is 12.6. The van der Waals surface area contributed by atoms with E-state index in [1.165, 1.54) is 0 Å². The van der Waals surface area contributed by atoms with Gasteiger partial charge in [-0.05, 0) is 121 Å². The topological polar surface area (TPSA) is 169 Å². The van der Waals surface area contributed by atoms with Crippen molar-refractivity contribution in [2.45, 2.75) is 96.7 Å². The van der Waals surface area contributed by atoms with Gasteiger partial charge in [0, 0.05) is 30.9 Å². The first-order valence-corrected chi connectivity index (χ1v) is 21.3. The van der Waals surface area contributed by atoms with Gasteiger partial charge in [0.05, 0.1) is 26.4 Å².